The molecule has 3 rings (SSSR count). The van der Waals surface area contributed by atoms with E-state index in [9.17, 15) is 19.2 Å². The van der Waals surface area contributed by atoms with E-state index in [0.717, 1.165) is 42.4 Å². The first kappa shape index (κ1) is 37.5. The normalized spacial score (nSPS) is 15.2. The number of carbonyl (C=O) groups is 4. The quantitative estimate of drug-likeness (QED) is 0.192. The Morgan fingerprint density at radius 1 is 0.745 bits per heavy atom. The molecule has 3 amide bonds. The Kier molecular flexibility index (Phi) is 14.3. The van der Waals surface area contributed by atoms with E-state index in [0.29, 0.717) is 31.8 Å². The molecular weight excluding hydrogens is 596 g/mol. The van der Waals surface area contributed by atoms with E-state index in [1.807, 2.05) is 89.2 Å². The molecule has 2 unspecified atom stereocenters. The molecule has 0 saturated heterocycles. The van der Waals surface area contributed by atoms with E-state index in [1.165, 1.54) is 13.3 Å². The smallest absolute Gasteiger partial charge is 0.407 e. The van der Waals surface area contributed by atoms with Gasteiger partial charge in [0, 0.05) is 33.0 Å². The first-order valence-corrected chi connectivity index (χ1v) is 16.8. The van der Waals surface area contributed by atoms with E-state index in [-0.39, 0.29) is 24.3 Å². The highest BCUT2D eigenvalue weighted by Crippen LogP contribution is 2.27. The average molecular weight is 651 g/mol. The van der Waals surface area contributed by atoms with Crippen LogP contribution in [-0.2, 0) is 43.4 Å². The van der Waals surface area contributed by atoms with Crippen LogP contribution in [0, 0.1) is 5.92 Å². The number of alkyl carbamates (subject to hydrolysis) is 1. The lowest BCUT2D eigenvalue weighted by molar-refractivity contribution is -0.153. The van der Waals surface area contributed by atoms with Crippen molar-refractivity contribution in [1.29, 1.82) is 0 Å². The fourth-order valence-electron chi connectivity index (χ4n) is 5.74. The number of amides is 3. The van der Waals surface area contributed by atoms with Crippen molar-refractivity contribution in [2.24, 2.45) is 5.92 Å². The maximum absolute atomic E-state index is 13.9. The van der Waals surface area contributed by atoms with Gasteiger partial charge in [-0.2, -0.15) is 0 Å². The molecule has 1 aliphatic rings. The summed E-state index contributed by atoms with van der Waals surface area (Å²) in [6.45, 7) is 11.3. The summed E-state index contributed by atoms with van der Waals surface area (Å²) in [4.78, 5) is 51.1. The molecule has 10 nitrogen and oxygen atoms in total. The van der Waals surface area contributed by atoms with Gasteiger partial charge in [-0.05, 0) is 63.6 Å². The van der Waals surface area contributed by atoms with E-state index in [1.54, 1.807) is 0 Å². The minimum Gasteiger partial charge on any atom is -0.458 e. The topological polar surface area (TPSA) is 135 Å². The van der Waals surface area contributed by atoms with Crippen LogP contribution in [0.3, 0.4) is 0 Å². The maximum Gasteiger partial charge on any atom is 0.407 e. The van der Waals surface area contributed by atoms with Gasteiger partial charge < -0.3 is 30.7 Å². The predicted molar refractivity (Wildman–Crippen MR) is 182 cm³/mol. The molecule has 4 N–H and O–H groups in total. The molecule has 0 radical (unpaired) electrons. The Balaban J connectivity index is 1.67. The summed E-state index contributed by atoms with van der Waals surface area (Å²) in [5.41, 5.74) is 1.35. The summed E-state index contributed by atoms with van der Waals surface area (Å²) in [5.74, 6) is -0.494. The minimum absolute atomic E-state index is 0.243. The Morgan fingerprint density at radius 3 is 1.91 bits per heavy atom. The van der Waals surface area contributed by atoms with Crippen molar-refractivity contribution in [2.45, 2.75) is 123 Å². The van der Waals surface area contributed by atoms with Crippen molar-refractivity contribution >= 4 is 23.9 Å². The van der Waals surface area contributed by atoms with Crippen molar-refractivity contribution in [3.05, 3.63) is 71.3 Å². The third-order valence-electron chi connectivity index (χ3n) is 8.05. The molecule has 0 heterocycles. The number of rotatable bonds is 15. The number of hydrogen-bond donors (Lipinski definition) is 4. The highest BCUT2D eigenvalue weighted by Gasteiger charge is 2.31. The second-order valence-electron chi connectivity index (χ2n) is 14.2. The third kappa shape index (κ3) is 14.6. The van der Waals surface area contributed by atoms with Gasteiger partial charge in [-0.3, -0.25) is 14.4 Å². The van der Waals surface area contributed by atoms with Crippen molar-refractivity contribution < 1.29 is 28.7 Å². The Hall–Kier alpha value is -3.92. The van der Waals surface area contributed by atoms with Gasteiger partial charge >= 0.3 is 12.1 Å². The number of ether oxygens (including phenoxy) is 2. The monoisotopic (exact) mass is 650 g/mol. The lowest BCUT2D eigenvalue weighted by atomic mass is 9.84. The second kappa shape index (κ2) is 17.8. The zero-order valence-electron chi connectivity index (χ0n) is 28.9. The zero-order valence-corrected chi connectivity index (χ0v) is 28.9. The second-order valence-corrected chi connectivity index (χ2v) is 14.2. The number of nitrogens with one attached hydrogen (secondary N) is 4. The number of hydrogen-bond acceptors (Lipinski definition) is 7. The standard InChI is InChI=1S/C37H54N4O6/c1-26(42)46-37(5,6)25-40-31(21-27-13-9-7-10-14-27)34(44)41-32(22-28-15-11-8-12-16-28)33(43)38-23-29-17-19-30(20-18-29)24-39-35(45)47-36(2,3)4/h8,11-12,15-20,27,31-32,40H,7,9-10,13-14,21-25H2,1-6H3,(H,38,43)(H,39,45)(H,41,44). The minimum atomic E-state index is -0.793. The molecule has 0 spiro atoms. The van der Waals surface area contributed by atoms with Gasteiger partial charge in [0.15, 0.2) is 0 Å². The summed E-state index contributed by atoms with van der Waals surface area (Å²) in [6, 6.07) is 15.9. The van der Waals surface area contributed by atoms with Crippen LogP contribution in [-0.4, -0.2) is 53.7 Å². The molecule has 1 saturated carbocycles. The number of carbonyl (C=O) groups excluding carboxylic acids is 4. The Morgan fingerprint density at radius 2 is 1.34 bits per heavy atom. The number of benzene rings is 2. The lowest BCUT2D eigenvalue weighted by Gasteiger charge is -2.31. The van der Waals surface area contributed by atoms with Crippen LogP contribution in [0.2, 0.25) is 0 Å². The predicted octanol–water partition coefficient (Wildman–Crippen LogP) is 5.33. The van der Waals surface area contributed by atoms with Crippen LogP contribution in [0.25, 0.3) is 0 Å². The Bertz CT molecular complexity index is 1300. The Labute approximate surface area is 280 Å². The molecule has 0 bridgehead atoms. The third-order valence-corrected chi connectivity index (χ3v) is 8.05. The van der Waals surface area contributed by atoms with Crippen LogP contribution in [0.15, 0.2) is 54.6 Å². The van der Waals surface area contributed by atoms with Crippen molar-refractivity contribution in [3.8, 4) is 0 Å². The van der Waals surface area contributed by atoms with E-state index >= 15 is 0 Å². The van der Waals surface area contributed by atoms with Crippen LogP contribution in [0.4, 0.5) is 4.79 Å². The molecule has 0 aromatic heterocycles. The lowest BCUT2D eigenvalue weighted by Crippen LogP contribution is -2.55. The van der Waals surface area contributed by atoms with Crippen molar-refractivity contribution in [1.82, 2.24) is 21.3 Å². The maximum atomic E-state index is 13.9. The number of esters is 1. The molecule has 10 heteroatoms. The van der Waals surface area contributed by atoms with Crippen LogP contribution >= 0.6 is 0 Å². The zero-order chi connectivity index (χ0) is 34.5. The van der Waals surface area contributed by atoms with Crippen LogP contribution in [0.1, 0.15) is 96.8 Å². The largest absolute Gasteiger partial charge is 0.458 e. The first-order chi connectivity index (χ1) is 22.2. The summed E-state index contributed by atoms with van der Waals surface area (Å²) in [6.07, 6.45) is 6.16. The molecule has 2 atom stereocenters. The van der Waals surface area contributed by atoms with Gasteiger partial charge in [0.25, 0.3) is 0 Å². The van der Waals surface area contributed by atoms with Gasteiger partial charge in [0.1, 0.15) is 17.2 Å². The van der Waals surface area contributed by atoms with Crippen LogP contribution < -0.4 is 21.3 Å². The summed E-state index contributed by atoms with van der Waals surface area (Å²) in [7, 11) is 0. The van der Waals surface area contributed by atoms with Gasteiger partial charge in [-0.1, -0.05) is 86.7 Å². The van der Waals surface area contributed by atoms with Crippen molar-refractivity contribution in [2.75, 3.05) is 6.54 Å². The summed E-state index contributed by atoms with van der Waals surface area (Å²) >= 11 is 0. The fraction of sp³-hybridized carbons (Fsp3) is 0.568. The van der Waals surface area contributed by atoms with Gasteiger partial charge in [0.05, 0.1) is 6.04 Å². The van der Waals surface area contributed by atoms with E-state index < -0.39 is 29.4 Å². The molecular formula is C37H54N4O6. The van der Waals surface area contributed by atoms with Crippen LogP contribution in [0.5, 0.6) is 0 Å². The molecule has 1 fully saturated rings. The van der Waals surface area contributed by atoms with Gasteiger partial charge in [-0.25, -0.2) is 4.79 Å². The van der Waals surface area contributed by atoms with E-state index in [2.05, 4.69) is 21.3 Å². The molecule has 1 aliphatic carbocycles. The molecule has 2 aromatic rings. The summed E-state index contributed by atoms with van der Waals surface area (Å²) in [5, 5.41) is 12.1. The average Bonchev–Trinajstić information content (AvgIpc) is 3.00. The first-order valence-electron chi connectivity index (χ1n) is 16.8. The summed E-state index contributed by atoms with van der Waals surface area (Å²) < 4.78 is 10.7. The van der Waals surface area contributed by atoms with Crippen molar-refractivity contribution in [3.63, 3.8) is 0 Å². The van der Waals surface area contributed by atoms with Gasteiger partial charge in [-0.15, -0.1) is 0 Å². The highest BCUT2D eigenvalue weighted by atomic mass is 16.6. The molecule has 2 aromatic carbocycles. The van der Waals surface area contributed by atoms with E-state index in [4.69, 9.17) is 9.47 Å². The SMILES string of the molecule is CC(=O)OC(C)(C)CNC(CC1CCCCC1)C(=O)NC(Cc1ccccc1)C(=O)NCc1ccc(CNC(=O)OC(C)(C)C)cc1. The fourth-order valence-corrected chi connectivity index (χ4v) is 5.74. The molecule has 47 heavy (non-hydrogen) atoms. The highest BCUT2D eigenvalue weighted by molar-refractivity contribution is 5.90. The molecule has 0 aliphatic heterocycles. The molecule has 258 valence electrons. The van der Waals surface area contributed by atoms with Gasteiger partial charge in [0.2, 0.25) is 11.8 Å².